The van der Waals surface area contributed by atoms with E-state index < -0.39 is 22.0 Å². The Morgan fingerprint density at radius 3 is 2.70 bits per heavy atom. The molecule has 1 atom stereocenters. The summed E-state index contributed by atoms with van der Waals surface area (Å²) in [5.74, 6) is -0.769. The molecule has 1 fully saturated rings. The lowest BCUT2D eigenvalue weighted by Gasteiger charge is -2.26. The lowest BCUT2D eigenvalue weighted by atomic mass is 9.86. The molecule has 0 radical (unpaired) electrons. The normalized spacial score (nSPS) is 21.0. The number of benzene rings is 1. The van der Waals surface area contributed by atoms with Crippen LogP contribution in [0.5, 0.6) is 0 Å². The summed E-state index contributed by atoms with van der Waals surface area (Å²) >= 11 is 0. The molecule has 1 aliphatic carbocycles. The first-order valence-corrected chi connectivity index (χ1v) is 9.50. The molecule has 0 bridgehead atoms. The van der Waals surface area contributed by atoms with Gasteiger partial charge in [-0.25, -0.2) is 13.2 Å². The number of sulfonamides is 1. The number of aliphatic carboxylic acids is 1. The fraction of sp³-hybridized carbons (Fsp3) is 0.562. The third kappa shape index (κ3) is 3.35. The molecule has 3 rings (SSSR count). The molecule has 0 amide bonds. The SMILES string of the molecule is O=C(O)C1Cc2ccccc2N1S(=O)(=O)CCOCC1CCC1. The zero-order valence-electron chi connectivity index (χ0n) is 12.8. The van der Waals surface area contributed by atoms with E-state index in [-0.39, 0.29) is 18.8 Å². The number of carboxylic acids is 1. The van der Waals surface area contributed by atoms with E-state index in [0.717, 1.165) is 22.7 Å². The van der Waals surface area contributed by atoms with Crippen molar-refractivity contribution >= 4 is 21.7 Å². The number of para-hydroxylation sites is 1. The number of anilines is 1. The van der Waals surface area contributed by atoms with Crippen LogP contribution in [0.2, 0.25) is 0 Å². The number of nitrogens with zero attached hydrogens (tertiary/aromatic N) is 1. The fourth-order valence-electron chi connectivity index (χ4n) is 3.06. The smallest absolute Gasteiger partial charge is 0.327 e. The van der Waals surface area contributed by atoms with Gasteiger partial charge >= 0.3 is 5.97 Å². The molecule has 1 aliphatic heterocycles. The maximum atomic E-state index is 12.6. The Morgan fingerprint density at radius 1 is 1.30 bits per heavy atom. The standard InChI is InChI=1S/C16H21NO5S/c18-16(19)15-10-13-6-1-2-7-14(13)17(15)23(20,21)9-8-22-11-12-4-3-5-12/h1-2,6-7,12,15H,3-5,8-11H2,(H,18,19). The van der Waals surface area contributed by atoms with Crippen LogP contribution in [0.4, 0.5) is 5.69 Å². The van der Waals surface area contributed by atoms with Gasteiger partial charge in [-0.15, -0.1) is 0 Å². The van der Waals surface area contributed by atoms with Crippen molar-refractivity contribution in [3.05, 3.63) is 29.8 Å². The van der Waals surface area contributed by atoms with E-state index in [2.05, 4.69) is 0 Å². The van der Waals surface area contributed by atoms with Crippen LogP contribution in [-0.4, -0.2) is 44.5 Å². The van der Waals surface area contributed by atoms with Crippen molar-refractivity contribution in [1.29, 1.82) is 0 Å². The molecule has 1 unspecified atom stereocenters. The van der Waals surface area contributed by atoms with Gasteiger partial charge in [0.25, 0.3) is 0 Å². The van der Waals surface area contributed by atoms with Crippen LogP contribution in [0.15, 0.2) is 24.3 Å². The highest BCUT2D eigenvalue weighted by Gasteiger charge is 2.41. The Hall–Kier alpha value is -1.60. The molecule has 23 heavy (non-hydrogen) atoms. The quantitative estimate of drug-likeness (QED) is 0.764. The average molecular weight is 339 g/mol. The Kier molecular flexibility index (Phi) is 4.59. The summed E-state index contributed by atoms with van der Waals surface area (Å²) in [6.45, 7) is 0.693. The Bertz CT molecular complexity index is 683. The zero-order chi connectivity index (χ0) is 16.4. The van der Waals surface area contributed by atoms with Crippen LogP contribution in [0.25, 0.3) is 0 Å². The van der Waals surface area contributed by atoms with Gasteiger partial charge in [0.05, 0.1) is 18.0 Å². The van der Waals surface area contributed by atoms with Crippen molar-refractivity contribution in [3.8, 4) is 0 Å². The highest BCUT2D eigenvalue weighted by atomic mass is 32.2. The van der Waals surface area contributed by atoms with E-state index in [1.807, 2.05) is 0 Å². The maximum absolute atomic E-state index is 12.6. The second kappa shape index (κ2) is 6.49. The second-order valence-electron chi connectivity index (χ2n) is 6.17. The summed E-state index contributed by atoms with van der Waals surface area (Å²) in [5, 5.41) is 9.37. The summed E-state index contributed by atoms with van der Waals surface area (Å²) in [6, 6.07) is 5.87. The van der Waals surface area contributed by atoms with Gasteiger partial charge in [-0.05, 0) is 30.4 Å². The summed E-state index contributed by atoms with van der Waals surface area (Å²) in [6.07, 6.45) is 3.71. The van der Waals surface area contributed by atoms with Crippen LogP contribution in [0.1, 0.15) is 24.8 Å². The predicted octanol–water partition coefficient (Wildman–Crippen LogP) is 1.65. The number of carbonyl (C=O) groups is 1. The molecular weight excluding hydrogens is 318 g/mol. The summed E-state index contributed by atoms with van der Waals surface area (Å²) in [7, 11) is -3.73. The number of hydrogen-bond acceptors (Lipinski definition) is 4. The first kappa shape index (κ1) is 16.3. The summed E-state index contributed by atoms with van der Waals surface area (Å²) < 4.78 is 31.8. The monoisotopic (exact) mass is 339 g/mol. The van der Waals surface area contributed by atoms with Crippen molar-refractivity contribution in [2.75, 3.05) is 23.3 Å². The maximum Gasteiger partial charge on any atom is 0.327 e. The first-order chi connectivity index (χ1) is 11.0. The van der Waals surface area contributed by atoms with E-state index in [4.69, 9.17) is 4.74 Å². The average Bonchev–Trinajstić information content (AvgIpc) is 2.85. The highest BCUT2D eigenvalue weighted by molar-refractivity contribution is 7.92. The van der Waals surface area contributed by atoms with E-state index in [1.165, 1.54) is 6.42 Å². The van der Waals surface area contributed by atoms with Crippen molar-refractivity contribution in [3.63, 3.8) is 0 Å². The van der Waals surface area contributed by atoms with Gasteiger partial charge in [-0.2, -0.15) is 0 Å². The molecule has 7 heteroatoms. The number of hydrogen-bond donors (Lipinski definition) is 1. The molecule has 1 aromatic carbocycles. The van der Waals surface area contributed by atoms with Gasteiger partial charge < -0.3 is 9.84 Å². The highest BCUT2D eigenvalue weighted by Crippen LogP contribution is 2.34. The molecule has 1 saturated carbocycles. The molecular formula is C16H21NO5S. The minimum absolute atomic E-state index is 0.101. The van der Waals surface area contributed by atoms with Crippen LogP contribution in [0.3, 0.4) is 0 Å². The van der Waals surface area contributed by atoms with Crippen LogP contribution in [0, 0.1) is 5.92 Å². The number of fused-ring (bicyclic) bond motifs is 1. The third-order valence-corrected chi connectivity index (χ3v) is 6.31. The van der Waals surface area contributed by atoms with E-state index in [1.54, 1.807) is 24.3 Å². The zero-order valence-corrected chi connectivity index (χ0v) is 13.7. The van der Waals surface area contributed by atoms with Gasteiger partial charge in [-0.3, -0.25) is 4.31 Å². The lowest BCUT2D eigenvalue weighted by Crippen LogP contribution is -2.44. The Balaban J connectivity index is 1.69. The van der Waals surface area contributed by atoms with Crippen molar-refractivity contribution in [2.45, 2.75) is 31.7 Å². The van der Waals surface area contributed by atoms with Gasteiger partial charge in [0.15, 0.2) is 0 Å². The van der Waals surface area contributed by atoms with Crippen LogP contribution < -0.4 is 4.31 Å². The number of carboxylic acid groups (broad SMARTS) is 1. The lowest BCUT2D eigenvalue weighted by molar-refractivity contribution is -0.138. The number of ether oxygens (including phenoxy) is 1. The fourth-order valence-corrected chi connectivity index (χ4v) is 4.62. The number of rotatable bonds is 7. The van der Waals surface area contributed by atoms with Gasteiger partial charge in [-0.1, -0.05) is 24.6 Å². The van der Waals surface area contributed by atoms with Crippen LogP contribution >= 0.6 is 0 Å². The first-order valence-electron chi connectivity index (χ1n) is 7.89. The third-order valence-electron chi connectivity index (χ3n) is 4.57. The second-order valence-corrected chi connectivity index (χ2v) is 8.14. The molecule has 0 spiro atoms. The van der Waals surface area contributed by atoms with E-state index in [0.29, 0.717) is 18.2 Å². The Morgan fingerprint density at radius 2 is 2.04 bits per heavy atom. The molecule has 1 N–H and O–H groups in total. The van der Waals surface area contributed by atoms with Crippen molar-refractivity contribution < 1.29 is 23.1 Å². The van der Waals surface area contributed by atoms with Gasteiger partial charge in [0.1, 0.15) is 6.04 Å². The van der Waals surface area contributed by atoms with Crippen molar-refractivity contribution in [2.24, 2.45) is 5.92 Å². The summed E-state index contributed by atoms with van der Waals surface area (Å²) in [4.78, 5) is 11.5. The molecule has 1 aromatic rings. The van der Waals surface area contributed by atoms with E-state index in [9.17, 15) is 18.3 Å². The topological polar surface area (TPSA) is 83.9 Å². The van der Waals surface area contributed by atoms with Crippen LogP contribution in [-0.2, 0) is 26.0 Å². The van der Waals surface area contributed by atoms with Crippen molar-refractivity contribution in [1.82, 2.24) is 0 Å². The minimum Gasteiger partial charge on any atom is -0.480 e. The Labute approximate surface area is 136 Å². The molecule has 2 aliphatic rings. The molecule has 6 nitrogen and oxygen atoms in total. The van der Waals surface area contributed by atoms with Gasteiger partial charge in [0, 0.05) is 13.0 Å². The summed E-state index contributed by atoms with van der Waals surface area (Å²) in [5.41, 5.74) is 1.22. The molecule has 0 aromatic heterocycles. The largest absolute Gasteiger partial charge is 0.480 e. The van der Waals surface area contributed by atoms with Gasteiger partial charge in [0.2, 0.25) is 10.0 Å². The minimum atomic E-state index is -3.73. The molecule has 126 valence electrons. The molecule has 1 heterocycles. The van der Waals surface area contributed by atoms with E-state index >= 15 is 0 Å². The molecule has 0 saturated heterocycles. The predicted molar refractivity (Wildman–Crippen MR) is 86.0 cm³/mol.